The standard InChI is InChI=1S/C22H30FO3P/c1-15-11-9-13-17(21(3,4)5)19(15)24-27(26-23)25-20-16(2)12-10-14-18(20)22(6,7)8/h9-14H,1-8H3. The average molecular weight is 392 g/mol. The lowest BCUT2D eigenvalue weighted by molar-refractivity contribution is -0.0160. The summed E-state index contributed by atoms with van der Waals surface area (Å²) in [4.78, 5) is 0. The van der Waals surface area contributed by atoms with Crippen LogP contribution < -0.4 is 9.05 Å². The molecule has 0 aliphatic heterocycles. The van der Waals surface area contributed by atoms with Crippen molar-refractivity contribution in [1.82, 2.24) is 0 Å². The molecule has 0 radical (unpaired) electrons. The molecule has 0 atom stereocenters. The van der Waals surface area contributed by atoms with Crippen LogP contribution in [0.25, 0.3) is 0 Å². The Kier molecular flexibility index (Phi) is 6.55. The highest BCUT2D eigenvalue weighted by Gasteiger charge is 2.29. The molecule has 2 aromatic rings. The van der Waals surface area contributed by atoms with E-state index in [1.165, 1.54) is 0 Å². The van der Waals surface area contributed by atoms with Gasteiger partial charge in [0.25, 0.3) is 0 Å². The summed E-state index contributed by atoms with van der Waals surface area (Å²) in [6.45, 7) is 16.4. The van der Waals surface area contributed by atoms with Gasteiger partial charge < -0.3 is 9.05 Å². The molecule has 0 amide bonds. The van der Waals surface area contributed by atoms with Crippen LogP contribution in [0.4, 0.5) is 4.53 Å². The maximum absolute atomic E-state index is 13.4. The predicted molar refractivity (Wildman–Crippen MR) is 110 cm³/mol. The molecule has 27 heavy (non-hydrogen) atoms. The van der Waals surface area contributed by atoms with Gasteiger partial charge >= 0.3 is 8.60 Å². The Morgan fingerprint density at radius 2 is 1.07 bits per heavy atom. The molecule has 148 valence electrons. The number of aryl methyl sites for hydroxylation is 2. The van der Waals surface area contributed by atoms with Crippen LogP contribution in [0.3, 0.4) is 0 Å². The molecular weight excluding hydrogens is 362 g/mol. The molecule has 0 N–H and O–H groups in total. The third-order valence-electron chi connectivity index (χ3n) is 4.43. The molecule has 2 rings (SSSR count). The summed E-state index contributed by atoms with van der Waals surface area (Å²) in [6, 6.07) is 11.8. The molecule has 0 aromatic heterocycles. The van der Waals surface area contributed by atoms with Crippen LogP contribution in [-0.4, -0.2) is 0 Å². The maximum atomic E-state index is 13.4. The van der Waals surface area contributed by atoms with E-state index < -0.39 is 8.60 Å². The number of halogens is 1. The summed E-state index contributed by atoms with van der Waals surface area (Å²) in [5.74, 6) is 1.22. The highest BCUT2D eigenvalue weighted by Crippen LogP contribution is 2.48. The van der Waals surface area contributed by atoms with Crippen LogP contribution >= 0.6 is 8.60 Å². The van der Waals surface area contributed by atoms with Gasteiger partial charge in [-0.2, -0.15) is 0 Å². The lowest BCUT2D eigenvalue weighted by Gasteiger charge is -2.27. The fourth-order valence-corrected chi connectivity index (χ4v) is 3.80. The zero-order valence-electron chi connectivity index (χ0n) is 17.5. The molecule has 3 nitrogen and oxygen atoms in total. The van der Waals surface area contributed by atoms with Gasteiger partial charge in [0.05, 0.1) is 0 Å². The van der Waals surface area contributed by atoms with Gasteiger partial charge in [0.2, 0.25) is 0 Å². The van der Waals surface area contributed by atoms with Crippen molar-refractivity contribution in [3.63, 3.8) is 0 Å². The highest BCUT2D eigenvalue weighted by atomic mass is 31.2. The first kappa shape index (κ1) is 21.7. The molecule has 0 aliphatic carbocycles. The van der Waals surface area contributed by atoms with Crippen molar-refractivity contribution in [2.45, 2.75) is 66.2 Å². The van der Waals surface area contributed by atoms with Gasteiger partial charge in [-0.15, -0.1) is 0 Å². The van der Waals surface area contributed by atoms with Gasteiger partial charge in [0, 0.05) is 11.1 Å². The quantitative estimate of drug-likeness (QED) is 0.494. The summed E-state index contributed by atoms with van der Waals surface area (Å²) in [6.07, 6.45) is 0. The van der Waals surface area contributed by atoms with E-state index in [4.69, 9.17) is 9.05 Å². The fourth-order valence-electron chi connectivity index (χ4n) is 2.92. The summed E-state index contributed by atoms with van der Waals surface area (Å²) >= 11 is 0. The van der Waals surface area contributed by atoms with Crippen LogP contribution in [0, 0.1) is 13.8 Å². The summed E-state index contributed by atoms with van der Waals surface area (Å²) in [5, 5.41) is 0. The minimum absolute atomic E-state index is 0.155. The second-order valence-electron chi connectivity index (χ2n) is 8.88. The van der Waals surface area contributed by atoms with E-state index in [9.17, 15) is 4.53 Å². The zero-order valence-corrected chi connectivity index (χ0v) is 18.4. The second-order valence-corrected chi connectivity index (χ2v) is 9.83. The average Bonchev–Trinajstić information content (AvgIpc) is 2.55. The van der Waals surface area contributed by atoms with E-state index in [-0.39, 0.29) is 10.8 Å². The largest absolute Gasteiger partial charge is 0.497 e. The zero-order chi connectivity index (χ0) is 20.4. The van der Waals surface area contributed by atoms with Gasteiger partial charge in [-0.05, 0) is 40.3 Å². The molecule has 0 saturated carbocycles. The minimum Gasteiger partial charge on any atom is -0.416 e. The van der Waals surface area contributed by atoms with Crippen molar-refractivity contribution >= 4 is 8.60 Å². The third kappa shape index (κ3) is 5.21. The Hall–Kier alpha value is -1.64. The number of benzene rings is 2. The molecular formula is C22H30FO3P. The minimum atomic E-state index is -2.24. The molecule has 0 saturated heterocycles. The highest BCUT2D eigenvalue weighted by molar-refractivity contribution is 7.42. The molecule has 0 fully saturated rings. The second kappa shape index (κ2) is 8.16. The maximum Gasteiger partial charge on any atom is 0.497 e. The van der Waals surface area contributed by atoms with Gasteiger partial charge in [-0.1, -0.05) is 82.7 Å². The number of rotatable bonds is 5. The van der Waals surface area contributed by atoms with Crippen molar-refractivity contribution < 1.29 is 18.3 Å². The van der Waals surface area contributed by atoms with Crippen LogP contribution in [-0.2, 0) is 15.6 Å². The molecule has 2 aromatic carbocycles. The van der Waals surface area contributed by atoms with Crippen molar-refractivity contribution in [1.29, 1.82) is 0 Å². The van der Waals surface area contributed by atoms with E-state index in [1.807, 2.05) is 50.2 Å². The van der Waals surface area contributed by atoms with Crippen LogP contribution in [0.1, 0.15) is 63.8 Å². The van der Waals surface area contributed by atoms with Gasteiger partial charge in [0.15, 0.2) is 0 Å². The van der Waals surface area contributed by atoms with Crippen molar-refractivity contribution in [2.75, 3.05) is 0 Å². The molecule has 0 unspecified atom stereocenters. The SMILES string of the molecule is Cc1cccc(C(C)(C)C)c1OP(OF)Oc1c(C)cccc1C(C)(C)C. The lowest BCUT2D eigenvalue weighted by Crippen LogP contribution is -2.15. The van der Waals surface area contributed by atoms with E-state index in [2.05, 4.69) is 46.3 Å². The van der Waals surface area contributed by atoms with Crippen LogP contribution in [0.15, 0.2) is 36.4 Å². The van der Waals surface area contributed by atoms with E-state index in [1.54, 1.807) is 0 Å². The summed E-state index contributed by atoms with van der Waals surface area (Å²) in [7, 11) is -2.24. The topological polar surface area (TPSA) is 27.7 Å². The molecule has 0 spiro atoms. The van der Waals surface area contributed by atoms with Gasteiger partial charge in [-0.3, -0.25) is 0 Å². The summed E-state index contributed by atoms with van der Waals surface area (Å²) in [5.41, 5.74) is 3.48. The molecule has 5 heteroatoms. The predicted octanol–water partition coefficient (Wildman–Crippen LogP) is 7.48. The van der Waals surface area contributed by atoms with E-state index >= 15 is 0 Å². The molecule has 0 aliphatic rings. The fraction of sp³-hybridized carbons (Fsp3) is 0.455. The first-order valence-electron chi connectivity index (χ1n) is 9.10. The number of hydrogen-bond acceptors (Lipinski definition) is 3. The lowest BCUT2D eigenvalue weighted by atomic mass is 9.85. The number of hydrogen-bond donors (Lipinski definition) is 0. The van der Waals surface area contributed by atoms with Crippen molar-refractivity contribution in [3.05, 3.63) is 58.7 Å². The number of para-hydroxylation sites is 2. The van der Waals surface area contributed by atoms with E-state index in [0.717, 1.165) is 22.3 Å². The molecule has 0 heterocycles. The third-order valence-corrected chi connectivity index (χ3v) is 5.20. The van der Waals surface area contributed by atoms with Gasteiger partial charge in [-0.25, -0.2) is 0 Å². The Labute approximate surface area is 163 Å². The Balaban J connectivity index is 2.40. The van der Waals surface area contributed by atoms with Gasteiger partial charge in [0.1, 0.15) is 11.5 Å². The normalized spacial score (nSPS) is 12.4. The first-order valence-corrected chi connectivity index (χ1v) is 10.2. The van der Waals surface area contributed by atoms with Crippen molar-refractivity contribution in [2.24, 2.45) is 0 Å². The Morgan fingerprint density at radius 3 is 1.37 bits per heavy atom. The molecule has 0 bridgehead atoms. The van der Waals surface area contributed by atoms with Crippen LogP contribution in [0.5, 0.6) is 11.5 Å². The Bertz CT molecular complexity index is 726. The van der Waals surface area contributed by atoms with Crippen molar-refractivity contribution in [3.8, 4) is 11.5 Å². The first-order chi connectivity index (χ1) is 12.4. The summed E-state index contributed by atoms with van der Waals surface area (Å²) < 4.78 is 29.4. The smallest absolute Gasteiger partial charge is 0.416 e. The van der Waals surface area contributed by atoms with E-state index in [0.29, 0.717) is 11.5 Å². The van der Waals surface area contributed by atoms with Crippen LogP contribution in [0.2, 0.25) is 0 Å². The monoisotopic (exact) mass is 392 g/mol. The Morgan fingerprint density at radius 1 is 0.704 bits per heavy atom.